The van der Waals surface area contributed by atoms with Gasteiger partial charge in [-0.2, -0.15) is 5.10 Å². The van der Waals surface area contributed by atoms with Crippen molar-refractivity contribution in [3.05, 3.63) is 29.0 Å². The van der Waals surface area contributed by atoms with Crippen molar-refractivity contribution in [3.63, 3.8) is 0 Å². The van der Waals surface area contributed by atoms with Crippen molar-refractivity contribution in [3.8, 4) is 0 Å². The highest BCUT2D eigenvalue weighted by Gasteiger charge is 2.25. The minimum atomic E-state index is -0.482. The molecule has 0 aromatic carbocycles. The maximum Gasteiger partial charge on any atom is 0.242 e. The van der Waals surface area contributed by atoms with Crippen LogP contribution in [0, 0.1) is 0 Å². The molecule has 0 spiro atoms. The first-order chi connectivity index (χ1) is 8.47. The van der Waals surface area contributed by atoms with Gasteiger partial charge in [0, 0.05) is 17.8 Å². The Morgan fingerprint density at radius 1 is 1.61 bits per heavy atom. The Morgan fingerprint density at radius 3 is 2.94 bits per heavy atom. The van der Waals surface area contributed by atoms with Crippen molar-refractivity contribution in [2.24, 2.45) is 0 Å². The summed E-state index contributed by atoms with van der Waals surface area (Å²) in [4.78, 5) is 16.1. The Kier molecular flexibility index (Phi) is 3.33. The molecular formula is C11H15N5OS. The Hall–Kier alpha value is -1.89. The van der Waals surface area contributed by atoms with Gasteiger partial charge >= 0.3 is 0 Å². The van der Waals surface area contributed by atoms with Gasteiger partial charge in [-0.3, -0.25) is 9.48 Å². The quantitative estimate of drug-likeness (QED) is 0.862. The number of nitrogens with zero attached hydrogens (tertiary/aromatic N) is 3. The second-order valence-corrected chi connectivity index (χ2v) is 5.38. The summed E-state index contributed by atoms with van der Waals surface area (Å²) in [6, 6.07) is 0. The van der Waals surface area contributed by atoms with E-state index in [1.165, 1.54) is 22.2 Å². The molecule has 0 aliphatic carbocycles. The topological polar surface area (TPSA) is 85.8 Å². The van der Waals surface area contributed by atoms with E-state index in [1.54, 1.807) is 12.4 Å². The van der Waals surface area contributed by atoms with Crippen LogP contribution in [0.15, 0.2) is 24.0 Å². The van der Waals surface area contributed by atoms with Gasteiger partial charge in [0.25, 0.3) is 0 Å². The highest BCUT2D eigenvalue weighted by Crippen LogP contribution is 2.21. The fraction of sp³-hybridized carbons (Fsp3) is 0.364. The maximum atomic E-state index is 11.9. The normalized spacial score (nSPS) is 11.4. The molecule has 7 heteroatoms. The van der Waals surface area contributed by atoms with Crippen LogP contribution < -0.4 is 11.1 Å². The summed E-state index contributed by atoms with van der Waals surface area (Å²) in [6.45, 7) is 3.98. The number of nitrogens with one attached hydrogen (secondary N) is 1. The number of nitrogen functional groups attached to an aromatic ring is 1. The molecule has 2 heterocycles. The van der Waals surface area contributed by atoms with E-state index in [2.05, 4.69) is 15.4 Å². The second kappa shape index (κ2) is 4.77. The molecule has 0 saturated heterocycles. The first kappa shape index (κ1) is 12.6. The molecule has 1 amide bonds. The van der Waals surface area contributed by atoms with E-state index in [1.807, 2.05) is 19.2 Å². The second-order valence-electron chi connectivity index (χ2n) is 4.48. The molecular weight excluding hydrogens is 250 g/mol. The lowest BCUT2D eigenvalue weighted by Gasteiger charge is -2.23. The van der Waals surface area contributed by atoms with E-state index in [0.717, 1.165) is 5.01 Å². The van der Waals surface area contributed by atoms with Gasteiger partial charge in [0.15, 0.2) is 0 Å². The van der Waals surface area contributed by atoms with Crippen molar-refractivity contribution < 1.29 is 4.79 Å². The van der Waals surface area contributed by atoms with E-state index >= 15 is 0 Å². The molecule has 0 fully saturated rings. The lowest BCUT2D eigenvalue weighted by molar-refractivity contribution is -0.123. The zero-order valence-electron chi connectivity index (χ0n) is 10.3. The van der Waals surface area contributed by atoms with Gasteiger partial charge in [-0.15, -0.1) is 11.3 Å². The van der Waals surface area contributed by atoms with Gasteiger partial charge in [-0.25, -0.2) is 4.98 Å². The number of carbonyl (C=O) groups is 1. The third-order valence-electron chi connectivity index (χ3n) is 2.38. The molecule has 6 nitrogen and oxygen atoms in total. The lowest BCUT2D eigenvalue weighted by Crippen LogP contribution is -2.42. The third kappa shape index (κ3) is 2.86. The van der Waals surface area contributed by atoms with Crippen LogP contribution in [0.5, 0.6) is 0 Å². The summed E-state index contributed by atoms with van der Waals surface area (Å²) in [5.41, 5.74) is 5.60. The number of aromatic nitrogens is 3. The third-order valence-corrected chi connectivity index (χ3v) is 3.47. The number of nitrogens with two attached hydrogens (primary N) is 1. The van der Waals surface area contributed by atoms with Crippen molar-refractivity contribution in [2.45, 2.75) is 25.9 Å². The van der Waals surface area contributed by atoms with Crippen LogP contribution in [0.25, 0.3) is 0 Å². The standard InChI is InChI=1S/C11H15N5OS/c1-11(2,10-13-3-4-18-10)15-9(17)7-16-6-8(12)5-14-16/h3-6H,7,12H2,1-2H3,(H,15,17). The summed E-state index contributed by atoms with van der Waals surface area (Å²) in [6.07, 6.45) is 4.86. The highest BCUT2D eigenvalue weighted by molar-refractivity contribution is 7.09. The number of hydrogen-bond donors (Lipinski definition) is 2. The lowest BCUT2D eigenvalue weighted by atomic mass is 10.1. The first-order valence-corrected chi connectivity index (χ1v) is 6.34. The highest BCUT2D eigenvalue weighted by atomic mass is 32.1. The smallest absolute Gasteiger partial charge is 0.242 e. The van der Waals surface area contributed by atoms with E-state index in [0.29, 0.717) is 5.69 Å². The minimum Gasteiger partial charge on any atom is -0.396 e. The van der Waals surface area contributed by atoms with Gasteiger partial charge < -0.3 is 11.1 Å². The van der Waals surface area contributed by atoms with E-state index < -0.39 is 5.54 Å². The predicted octanol–water partition coefficient (Wildman–Crippen LogP) is 0.973. The SMILES string of the molecule is CC(C)(NC(=O)Cn1cc(N)cn1)c1nccs1. The molecule has 0 aliphatic rings. The van der Waals surface area contributed by atoms with Crippen LogP contribution in [0.2, 0.25) is 0 Å². The molecule has 2 aromatic heterocycles. The number of hydrogen-bond acceptors (Lipinski definition) is 5. The zero-order valence-corrected chi connectivity index (χ0v) is 11.1. The van der Waals surface area contributed by atoms with Crippen molar-refractivity contribution >= 4 is 22.9 Å². The van der Waals surface area contributed by atoms with E-state index in [9.17, 15) is 4.79 Å². The maximum absolute atomic E-state index is 11.9. The molecule has 0 radical (unpaired) electrons. The number of anilines is 1. The Morgan fingerprint density at radius 2 is 2.39 bits per heavy atom. The molecule has 2 rings (SSSR count). The molecule has 0 aliphatic heterocycles. The van der Waals surface area contributed by atoms with Crippen molar-refractivity contribution in [2.75, 3.05) is 5.73 Å². The van der Waals surface area contributed by atoms with Gasteiger partial charge in [0.05, 0.1) is 17.4 Å². The molecule has 0 atom stereocenters. The van der Waals surface area contributed by atoms with Gasteiger partial charge in [0.2, 0.25) is 5.91 Å². The van der Waals surface area contributed by atoms with Gasteiger partial charge in [0.1, 0.15) is 11.6 Å². The average Bonchev–Trinajstić information content (AvgIpc) is 2.88. The molecule has 0 unspecified atom stereocenters. The zero-order chi connectivity index (χ0) is 13.2. The molecule has 0 bridgehead atoms. The minimum absolute atomic E-state index is 0.127. The van der Waals surface area contributed by atoms with Crippen molar-refractivity contribution in [1.82, 2.24) is 20.1 Å². The predicted molar refractivity (Wildman–Crippen MR) is 69.9 cm³/mol. The Labute approximate surface area is 109 Å². The van der Waals surface area contributed by atoms with Gasteiger partial charge in [-0.1, -0.05) is 0 Å². The molecule has 3 N–H and O–H groups in total. The fourth-order valence-electron chi connectivity index (χ4n) is 1.59. The van der Waals surface area contributed by atoms with Crippen molar-refractivity contribution in [1.29, 1.82) is 0 Å². The molecule has 18 heavy (non-hydrogen) atoms. The summed E-state index contributed by atoms with van der Waals surface area (Å²) in [7, 11) is 0. The number of amides is 1. The molecule has 96 valence electrons. The van der Waals surface area contributed by atoms with Gasteiger partial charge in [-0.05, 0) is 13.8 Å². The van der Waals surface area contributed by atoms with E-state index in [4.69, 9.17) is 5.73 Å². The largest absolute Gasteiger partial charge is 0.396 e. The average molecular weight is 265 g/mol. The molecule has 0 saturated carbocycles. The monoisotopic (exact) mass is 265 g/mol. The summed E-state index contributed by atoms with van der Waals surface area (Å²) in [5.74, 6) is -0.127. The summed E-state index contributed by atoms with van der Waals surface area (Å²) < 4.78 is 1.50. The fourth-order valence-corrected chi connectivity index (χ4v) is 2.30. The van der Waals surface area contributed by atoms with E-state index in [-0.39, 0.29) is 12.5 Å². The number of rotatable bonds is 4. The van der Waals surface area contributed by atoms with Crippen LogP contribution in [-0.4, -0.2) is 20.7 Å². The first-order valence-electron chi connectivity index (χ1n) is 5.46. The summed E-state index contributed by atoms with van der Waals surface area (Å²) in [5, 5.41) is 9.65. The van der Waals surface area contributed by atoms with Crippen LogP contribution in [0.3, 0.4) is 0 Å². The summed E-state index contributed by atoms with van der Waals surface area (Å²) >= 11 is 1.51. The van der Waals surface area contributed by atoms with Crippen LogP contribution in [-0.2, 0) is 16.9 Å². The van der Waals surface area contributed by atoms with Crippen LogP contribution in [0.1, 0.15) is 18.9 Å². The Bertz CT molecular complexity index is 531. The number of carbonyl (C=O) groups excluding carboxylic acids is 1. The van der Waals surface area contributed by atoms with Crippen LogP contribution >= 0.6 is 11.3 Å². The Balaban J connectivity index is 1.99. The number of thiazole rings is 1. The molecule has 2 aromatic rings. The van der Waals surface area contributed by atoms with Crippen LogP contribution in [0.4, 0.5) is 5.69 Å².